The zero-order valence-electron chi connectivity index (χ0n) is 9.90. The Hall–Kier alpha value is -1.39. The molecule has 3 nitrogen and oxygen atoms in total. The highest BCUT2D eigenvalue weighted by atomic mass is 35.5. The van der Waals surface area contributed by atoms with E-state index in [-0.39, 0.29) is 5.28 Å². The summed E-state index contributed by atoms with van der Waals surface area (Å²) >= 11 is 7.62. The number of aromatic nitrogens is 2. The minimum atomic E-state index is 0.266. The fourth-order valence-corrected chi connectivity index (χ4v) is 3.09. The van der Waals surface area contributed by atoms with E-state index in [1.54, 1.807) is 17.5 Å². The average molecular weight is 278 g/mol. The van der Waals surface area contributed by atoms with Gasteiger partial charge in [0, 0.05) is 27.6 Å². The highest BCUT2D eigenvalue weighted by Gasteiger charge is 2.13. The van der Waals surface area contributed by atoms with Crippen LogP contribution in [0.3, 0.4) is 0 Å². The molecule has 0 fully saturated rings. The van der Waals surface area contributed by atoms with Gasteiger partial charge in [-0.25, -0.2) is 9.97 Å². The predicted molar refractivity (Wildman–Crippen MR) is 76.7 cm³/mol. The molecule has 1 aliphatic carbocycles. The minimum absolute atomic E-state index is 0.266. The summed E-state index contributed by atoms with van der Waals surface area (Å²) in [5, 5.41) is 5.75. The van der Waals surface area contributed by atoms with Gasteiger partial charge in [-0.2, -0.15) is 0 Å². The van der Waals surface area contributed by atoms with Crippen molar-refractivity contribution in [2.24, 2.45) is 0 Å². The second kappa shape index (κ2) is 4.71. The van der Waals surface area contributed by atoms with Crippen molar-refractivity contribution in [3.05, 3.63) is 38.9 Å². The van der Waals surface area contributed by atoms with Crippen molar-refractivity contribution in [3.63, 3.8) is 0 Å². The Kier molecular flexibility index (Phi) is 3.06. The molecule has 0 aliphatic heterocycles. The molecule has 92 valence electrons. The van der Waals surface area contributed by atoms with Gasteiger partial charge in [0.05, 0.1) is 5.69 Å². The van der Waals surface area contributed by atoms with E-state index in [2.05, 4.69) is 32.8 Å². The molecule has 5 heteroatoms. The van der Waals surface area contributed by atoms with Crippen LogP contribution in [0.1, 0.15) is 22.4 Å². The van der Waals surface area contributed by atoms with Crippen molar-refractivity contribution < 1.29 is 0 Å². The van der Waals surface area contributed by atoms with Crippen LogP contribution in [0.15, 0.2) is 17.7 Å². The fourth-order valence-electron chi connectivity index (χ4n) is 1.97. The van der Waals surface area contributed by atoms with E-state index in [1.165, 1.54) is 10.4 Å². The number of allylic oxidation sites excluding steroid dienone is 1. The normalized spacial score (nSPS) is 13.4. The molecule has 0 saturated heterocycles. The quantitative estimate of drug-likeness (QED) is 0.836. The van der Waals surface area contributed by atoms with Gasteiger partial charge in [-0.15, -0.1) is 11.3 Å². The number of fused-ring (bicyclic) bond motifs is 1. The van der Waals surface area contributed by atoms with Crippen molar-refractivity contribution in [3.8, 4) is 0 Å². The maximum absolute atomic E-state index is 5.83. The van der Waals surface area contributed by atoms with Crippen LogP contribution in [-0.4, -0.2) is 9.97 Å². The zero-order chi connectivity index (χ0) is 12.5. The number of rotatable bonds is 2. The van der Waals surface area contributed by atoms with Crippen molar-refractivity contribution in [2.45, 2.75) is 19.8 Å². The van der Waals surface area contributed by atoms with Crippen molar-refractivity contribution >= 4 is 40.5 Å². The number of nitrogens with zero attached hydrogens (tertiary/aromatic N) is 2. The van der Waals surface area contributed by atoms with Crippen LogP contribution in [0.2, 0.25) is 5.28 Å². The summed E-state index contributed by atoms with van der Waals surface area (Å²) in [4.78, 5) is 9.61. The van der Waals surface area contributed by atoms with E-state index in [0.717, 1.165) is 29.9 Å². The molecule has 0 atom stereocenters. The molecule has 1 aliphatic rings. The SMILES string of the molecule is Cc1cnc(Cl)nc1Nc1csc2c1C=CCC2. The number of nitrogens with one attached hydrogen (secondary N) is 1. The molecule has 0 spiro atoms. The van der Waals surface area contributed by atoms with Crippen LogP contribution < -0.4 is 5.32 Å². The van der Waals surface area contributed by atoms with Crippen LogP contribution in [0, 0.1) is 6.92 Å². The second-order valence-electron chi connectivity index (χ2n) is 4.22. The van der Waals surface area contributed by atoms with Crippen LogP contribution >= 0.6 is 22.9 Å². The highest BCUT2D eigenvalue weighted by molar-refractivity contribution is 7.10. The Morgan fingerprint density at radius 3 is 3.22 bits per heavy atom. The first kappa shape index (κ1) is 11.7. The molecule has 0 amide bonds. The summed E-state index contributed by atoms with van der Waals surface area (Å²) in [5.41, 5.74) is 3.36. The largest absolute Gasteiger partial charge is 0.339 e. The van der Waals surface area contributed by atoms with E-state index >= 15 is 0 Å². The van der Waals surface area contributed by atoms with Crippen LogP contribution in [-0.2, 0) is 6.42 Å². The Morgan fingerprint density at radius 2 is 2.33 bits per heavy atom. The first-order chi connectivity index (χ1) is 8.74. The maximum atomic E-state index is 5.83. The molecular weight excluding hydrogens is 266 g/mol. The summed E-state index contributed by atoms with van der Waals surface area (Å²) in [5.74, 6) is 0.773. The van der Waals surface area contributed by atoms with Crippen molar-refractivity contribution in [2.75, 3.05) is 5.32 Å². The van der Waals surface area contributed by atoms with Gasteiger partial charge in [0.1, 0.15) is 5.82 Å². The van der Waals surface area contributed by atoms with Gasteiger partial charge in [-0.3, -0.25) is 0 Å². The molecule has 18 heavy (non-hydrogen) atoms. The average Bonchev–Trinajstić information content (AvgIpc) is 2.78. The molecule has 2 aromatic rings. The van der Waals surface area contributed by atoms with E-state index in [9.17, 15) is 0 Å². The Morgan fingerprint density at radius 1 is 1.44 bits per heavy atom. The first-order valence-corrected chi connectivity index (χ1v) is 7.03. The van der Waals surface area contributed by atoms with E-state index in [0.29, 0.717) is 0 Å². The molecule has 0 unspecified atom stereocenters. The fraction of sp³-hybridized carbons (Fsp3) is 0.231. The second-order valence-corrected chi connectivity index (χ2v) is 5.53. The van der Waals surface area contributed by atoms with E-state index in [4.69, 9.17) is 11.6 Å². The summed E-state index contributed by atoms with van der Waals surface area (Å²) in [6.07, 6.45) is 8.37. The molecule has 0 radical (unpaired) electrons. The number of thiophene rings is 1. The highest BCUT2D eigenvalue weighted by Crippen LogP contribution is 2.34. The van der Waals surface area contributed by atoms with Gasteiger partial charge >= 0.3 is 0 Å². The standard InChI is InChI=1S/C13H12ClN3S/c1-8-6-15-13(14)17-12(8)16-10-7-18-11-5-3-2-4-9(10)11/h2,4,6-7H,3,5H2,1H3,(H,15,16,17). The maximum Gasteiger partial charge on any atom is 0.224 e. The van der Waals surface area contributed by atoms with Crippen LogP contribution in [0.25, 0.3) is 6.08 Å². The third-order valence-electron chi connectivity index (χ3n) is 2.93. The number of halogens is 1. The Balaban J connectivity index is 1.96. The smallest absolute Gasteiger partial charge is 0.224 e. The van der Waals surface area contributed by atoms with Gasteiger partial charge < -0.3 is 5.32 Å². The van der Waals surface area contributed by atoms with E-state index < -0.39 is 0 Å². The molecule has 0 saturated carbocycles. The van der Waals surface area contributed by atoms with Gasteiger partial charge in [-0.1, -0.05) is 12.2 Å². The molecule has 2 aromatic heterocycles. The lowest BCUT2D eigenvalue weighted by Crippen LogP contribution is -1.99. The minimum Gasteiger partial charge on any atom is -0.339 e. The van der Waals surface area contributed by atoms with E-state index in [1.807, 2.05) is 6.92 Å². The Labute approximate surface area is 115 Å². The molecule has 0 aromatic carbocycles. The van der Waals surface area contributed by atoms with Crippen LogP contribution in [0.5, 0.6) is 0 Å². The number of aryl methyl sites for hydroxylation is 2. The first-order valence-electron chi connectivity index (χ1n) is 5.77. The van der Waals surface area contributed by atoms with Crippen LogP contribution in [0.4, 0.5) is 11.5 Å². The summed E-state index contributed by atoms with van der Waals surface area (Å²) in [6, 6.07) is 0. The van der Waals surface area contributed by atoms with Gasteiger partial charge in [0.2, 0.25) is 5.28 Å². The topological polar surface area (TPSA) is 37.8 Å². The summed E-state index contributed by atoms with van der Waals surface area (Å²) in [7, 11) is 0. The van der Waals surface area contributed by atoms with Gasteiger partial charge in [0.25, 0.3) is 0 Å². The molecule has 1 N–H and O–H groups in total. The van der Waals surface area contributed by atoms with Gasteiger partial charge in [-0.05, 0) is 31.4 Å². The van der Waals surface area contributed by atoms with Gasteiger partial charge in [0.15, 0.2) is 0 Å². The van der Waals surface area contributed by atoms with Crippen molar-refractivity contribution in [1.82, 2.24) is 9.97 Å². The number of anilines is 2. The third kappa shape index (κ3) is 2.13. The monoisotopic (exact) mass is 277 g/mol. The molecular formula is C13H12ClN3S. The lowest BCUT2D eigenvalue weighted by Gasteiger charge is -2.10. The summed E-state index contributed by atoms with van der Waals surface area (Å²) in [6.45, 7) is 1.97. The Bertz CT molecular complexity index is 619. The number of hydrogen-bond acceptors (Lipinski definition) is 4. The lowest BCUT2D eigenvalue weighted by atomic mass is 10.1. The molecule has 3 rings (SSSR count). The lowest BCUT2D eigenvalue weighted by molar-refractivity contribution is 1.01. The zero-order valence-corrected chi connectivity index (χ0v) is 11.5. The third-order valence-corrected chi connectivity index (χ3v) is 4.17. The molecule has 0 bridgehead atoms. The summed E-state index contributed by atoms with van der Waals surface area (Å²) < 4.78 is 0. The molecule has 2 heterocycles. The number of hydrogen-bond donors (Lipinski definition) is 1. The predicted octanol–water partition coefficient (Wildman–Crippen LogP) is 4.20. The van der Waals surface area contributed by atoms with Crippen molar-refractivity contribution in [1.29, 1.82) is 0 Å².